The number of ketones is 1. The summed E-state index contributed by atoms with van der Waals surface area (Å²) in [7, 11) is 0. The molecule has 4 aliphatic rings. The Morgan fingerprint density at radius 1 is 0.974 bits per heavy atom. The van der Waals surface area contributed by atoms with Crippen molar-refractivity contribution < 1.29 is 19.1 Å². The third-order valence-electron chi connectivity index (χ3n) is 11.2. The summed E-state index contributed by atoms with van der Waals surface area (Å²) >= 11 is 3.36. The molecule has 3 fully saturated rings. The van der Waals surface area contributed by atoms with Crippen LogP contribution in [0.5, 0.6) is 0 Å². The molecule has 6 heteroatoms. The van der Waals surface area contributed by atoms with Gasteiger partial charge in [-0.05, 0) is 109 Å². The lowest BCUT2D eigenvalue weighted by atomic mass is 9.44. The Morgan fingerprint density at radius 3 is 2.38 bits per heavy atom. The third kappa shape index (κ3) is 6.52. The third-order valence-corrected chi connectivity index (χ3v) is 13.4. The molecule has 0 heterocycles. The van der Waals surface area contributed by atoms with E-state index in [1.807, 2.05) is 11.8 Å². The molecule has 8 atom stereocenters. The van der Waals surface area contributed by atoms with Gasteiger partial charge in [0.05, 0.1) is 0 Å². The average molecular weight is 577 g/mol. The summed E-state index contributed by atoms with van der Waals surface area (Å²) in [6.45, 7) is 14.8. The first kappa shape index (κ1) is 31.2. The monoisotopic (exact) mass is 576 g/mol. The Morgan fingerprint density at radius 2 is 1.72 bits per heavy atom. The van der Waals surface area contributed by atoms with E-state index in [9.17, 15) is 14.4 Å². The maximum Gasteiger partial charge on any atom is 0.302 e. The number of ether oxygens (including phenoxy) is 1. The smallest absolute Gasteiger partial charge is 0.302 e. The lowest BCUT2D eigenvalue weighted by Crippen LogP contribution is -2.54. The van der Waals surface area contributed by atoms with Crippen LogP contribution in [0.1, 0.15) is 113 Å². The first-order valence-corrected chi connectivity index (χ1v) is 17.5. The number of allylic oxidation sites excluding steroid dienone is 2. The molecule has 4 aliphatic carbocycles. The van der Waals surface area contributed by atoms with Crippen LogP contribution in [0, 0.1) is 46.3 Å². The quantitative estimate of drug-likeness (QED) is 0.192. The summed E-state index contributed by atoms with van der Waals surface area (Å²) in [4.78, 5) is 38.2. The molecule has 0 spiro atoms. The molecule has 0 aromatic carbocycles. The number of carbonyl (C=O) groups excluding carboxylic acids is 3. The summed E-state index contributed by atoms with van der Waals surface area (Å²) < 4.78 is 5.68. The van der Waals surface area contributed by atoms with Crippen molar-refractivity contribution in [2.45, 2.75) is 119 Å². The van der Waals surface area contributed by atoms with Crippen molar-refractivity contribution in [3.05, 3.63) is 10.5 Å². The zero-order chi connectivity index (χ0) is 28.5. The van der Waals surface area contributed by atoms with E-state index in [2.05, 4.69) is 34.6 Å². The van der Waals surface area contributed by atoms with Crippen molar-refractivity contribution >= 4 is 40.4 Å². The Kier molecular flexibility index (Phi) is 10.1. The van der Waals surface area contributed by atoms with Gasteiger partial charge in [0.25, 0.3) is 0 Å². The highest BCUT2D eigenvalue weighted by Gasteiger charge is 2.60. The molecule has 4 nitrogen and oxygen atoms in total. The van der Waals surface area contributed by atoms with Crippen LogP contribution in [-0.2, 0) is 19.1 Å². The van der Waals surface area contributed by atoms with Crippen LogP contribution in [0.25, 0.3) is 0 Å². The minimum absolute atomic E-state index is 0.00986. The molecule has 4 rings (SSSR count). The molecule has 0 saturated heterocycles. The fraction of sp³-hybridized carbons (Fsp3) is 0.848. The van der Waals surface area contributed by atoms with Gasteiger partial charge in [0.2, 0.25) is 0 Å². The summed E-state index contributed by atoms with van der Waals surface area (Å²) in [5.74, 6) is 5.25. The molecule has 0 unspecified atom stereocenters. The van der Waals surface area contributed by atoms with Crippen LogP contribution in [0.2, 0.25) is 0 Å². The van der Waals surface area contributed by atoms with Crippen LogP contribution in [0.4, 0.5) is 0 Å². The minimum Gasteiger partial charge on any atom is -0.463 e. The van der Waals surface area contributed by atoms with Gasteiger partial charge < -0.3 is 4.74 Å². The van der Waals surface area contributed by atoms with Crippen LogP contribution < -0.4 is 0 Å². The maximum atomic E-state index is 13.5. The van der Waals surface area contributed by atoms with E-state index in [4.69, 9.17) is 4.74 Å². The molecule has 0 aromatic rings. The zero-order valence-electron chi connectivity index (χ0n) is 25.5. The van der Waals surface area contributed by atoms with Gasteiger partial charge in [0.15, 0.2) is 5.12 Å². The van der Waals surface area contributed by atoms with E-state index in [1.165, 1.54) is 47.9 Å². The van der Waals surface area contributed by atoms with Gasteiger partial charge in [-0.1, -0.05) is 46.4 Å². The van der Waals surface area contributed by atoms with Crippen molar-refractivity contribution in [1.29, 1.82) is 0 Å². The Hall–Kier alpha value is -0.750. The number of rotatable bonds is 10. The molecule has 0 radical (unpaired) electrons. The van der Waals surface area contributed by atoms with Crippen LogP contribution in [0.15, 0.2) is 10.5 Å². The van der Waals surface area contributed by atoms with Crippen molar-refractivity contribution in [2.75, 3.05) is 11.5 Å². The van der Waals surface area contributed by atoms with E-state index in [1.54, 1.807) is 13.8 Å². The van der Waals surface area contributed by atoms with Gasteiger partial charge >= 0.3 is 5.97 Å². The number of fused-ring (bicyclic) bond motifs is 5. The highest BCUT2D eigenvalue weighted by Crippen LogP contribution is 2.69. The molecule has 39 heavy (non-hydrogen) atoms. The van der Waals surface area contributed by atoms with Gasteiger partial charge in [-0.25, -0.2) is 0 Å². The first-order valence-electron chi connectivity index (χ1n) is 15.6. The number of thioether (sulfide) groups is 2. The lowest BCUT2D eigenvalue weighted by molar-refractivity contribution is -0.158. The van der Waals surface area contributed by atoms with Crippen molar-refractivity contribution in [3.8, 4) is 0 Å². The summed E-state index contributed by atoms with van der Waals surface area (Å²) in [5.41, 5.74) is 1.89. The molecule has 0 aliphatic heterocycles. The predicted octanol–water partition coefficient (Wildman–Crippen LogP) is 8.48. The zero-order valence-corrected chi connectivity index (χ0v) is 27.1. The number of Topliss-reactive ketones (excluding diaryl/α,β-unsaturated/α-hetero) is 1. The molecular weight excluding hydrogens is 524 g/mol. The fourth-order valence-corrected chi connectivity index (χ4v) is 11.3. The Bertz CT molecular complexity index is 973. The second-order valence-corrected chi connectivity index (χ2v) is 16.4. The van der Waals surface area contributed by atoms with E-state index < -0.39 is 0 Å². The van der Waals surface area contributed by atoms with E-state index in [0.29, 0.717) is 41.3 Å². The minimum atomic E-state index is -0.140. The Labute approximate surface area is 246 Å². The number of hydrogen-bond acceptors (Lipinski definition) is 6. The lowest BCUT2D eigenvalue weighted by Gasteiger charge is -2.61. The van der Waals surface area contributed by atoms with Gasteiger partial charge in [-0.2, -0.15) is 0 Å². The highest BCUT2D eigenvalue weighted by atomic mass is 32.2. The molecule has 0 bridgehead atoms. The fourth-order valence-electron chi connectivity index (χ4n) is 9.25. The number of hydrogen-bond donors (Lipinski definition) is 0. The highest BCUT2D eigenvalue weighted by molar-refractivity contribution is 8.14. The largest absolute Gasteiger partial charge is 0.463 e. The summed E-state index contributed by atoms with van der Waals surface area (Å²) in [6, 6.07) is 0. The predicted molar refractivity (Wildman–Crippen MR) is 164 cm³/mol. The molecule has 220 valence electrons. The van der Waals surface area contributed by atoms with Gasteiger partial charge in [0.1, 0.15) is 11.9 Å². The van der Waals surface area contributed by atoms with Gasteiger partial charge in [-0.3, -0.25) is 14.4 Å². The summed E-state index contributed by atoms with van der Waals surface area (Å²) in [6.07, 6.45) is 11.0. The van der Waals surface area contributed by atoms with E-state index in [0.717, 1.165) is 49.5 Å². The number of esters is 1. The van der Waals surface area contributed by atoms with Crippen molar-refractivity contribution in [1.82, 2.24) is 0 Å². The first-order chi connectivity index (χ1) is 18.4. The van der Waals surface area contributed by atoms with Crippen molar-refractivity contribution in [3.63, 3.8) is 0 Å². The Balaban J connectivity index is 1.56. The SMILES string of the molecule is CC(=O)O[C@H]1CC[C@@]2(C)[C@@H](CC[C@@H]3[C@@H]2CC[C@]2(C)C([C@H](C)C(=O)CCC(C)C)=C(SCCSC(C)=O)C[C@@H]32)C1. The van der Waals surface area contributed by atoms with Crippen LogP contribution in [-0.4, -0.2) is 34.5 Å². The standard InChI is InChI=1S/C33H52O4S2/c1-20(2)8-11-29(36)21(3)31-30(39-17-16-38-23(5)35)19-28-26-10-9-24-18-25(37-22(4)34)12-14-32(24,6)27(26)13-15-33(28,31)7/h20-21,24-28H,8-19H2,1-7H3/t21-,24+,25+,26-,27+,28+,32+,33+/m1/s1. The molecule has 0 aromatic heterocycles. The van der Waals surface area contributed by atoms with E-state index >= 15 is 0 Å². The average Bonchev–Trinajstić information content (AvgIpc) is 3.16. The molecule has 0 N–H and O–H groups in total. The topological polar surface area (TPSA) is 60.4 Å². The van der Waals surface area contributed by atoms with Gasteiger partial charge in [-0.15, -0.1) is 11.8 Å². The van der Waals surface area contributed by atoms with Crippen LogP contribution in [0.3, 0.4) is 0 Å². The molecule has 0 amide bonds. The second kappa shape index (κ2) is 12.6. The maximum absolute atomic E-state index is 13.5. The number of carbonyl (C=O) groups is 3. The van der Waals surface area contributed by atoms with E-state index in [-0.39, 0.29) is 28.5 Å². The second-order valence-electron chi connectivity index (χ2n) is 14.0. The summed E-state index contributed by atoms with van der Waals surface area (Å²) in [5, 5.41) is 0.186. The molecular formula is C33H52O4S2. The van der Waals surface area contributed by atoms with Gasteiger partial charge in [0, 0.05) is 37.7 Å². The van der Waals surface area contributed by atoms with Crippen LogP contribution >= 0.6 is 23.5 Å². The normalized spacial score (nSPS) is 36.7. The van der Waals surface area contributed by atoms with Crippen molar-refractivity contribution in [2.24, 2.45) is 46.3 Å². The molecule has 3 saturated carbocycles.